The van der Waals surface area contributed by atoms with Gasteiger partial charge in [0.25, 0.3) is 0 Å². The molecule has 1 nitrogen and oxygen atoms in total. The van der Waals surface area contributed by atoms with Gasteiger partial charge in [-0.1, -0.05) is 51.3 Å². The van der Waals surface area contributed by atoms with Gasteiger partial charge in [-0.15, -0.1) is 0 Å². The van der Waals surface area contributed by atoms with E-state index in [1.807, 2.05) is 43.3 Å². The van der Waals surface area contributed by atoms with E-state index in [0.717, 1.165) is 21.2 Å². The zero-order chi connectivity index (χ0) is 13.3. The van der Waals surface area contributed by atoms with Crippen LogP contribution in [0.25, 0.3) is 0 Å². The van der Waals surface area contributed by atoms with E-state index < -0.39 is 0 Å². The second-order valence-electron chi connectivity index (χ2n) is 4.15. The third kappa shape index (κ3) is 2.89. The van der Waals surface area contributed by atoms with Gasteiger partial charge in [0.1, 0.15) is 0 Å². The summed E-state index contributed by atoms with van der Waals surface area (Å²) in [5.74, 6) is 0. The smallest absolute Gasteiger partial charge is 0.0567 e. The van der Waals surface area contributed by atoms with Gasteiger partial charge in [0, 0.05) is 14.5 Å². The minimum absolute atomic E-state index is 0.284. The lowest BCUT2D eigenvalue weighted by Gasteiger charge is -2.15. The maximum absolute atomic E-state index is 6.24. The van der Waals surface area contributed by atoms with Crippen LogP contribution in [0.3, 0.4) is 0 Å². The average Bonchev–Trinajstić information content (AvgIpc) is 2.35. The first-order valence-corrected chi connectivity index (χ1v) is 7.00. The molecule has 0 heterocycles. The Kier molecular flexibility index (Phi) is 4.33. The first kappa shape index (κ1) is 13.9. The Balaban J connectivity index is 2.44. The minimum atomic E-state index is -0.284. The molecule has 1 unspecified atom stereocenters. The summed E-state index contributed by atoms with van der Waals surface area (Å²) in [4.78, 5) is 0. The molecule has 0 saturated carbocycles. The zero-order valence-corrected chi connectivity index (χ0v) is 12.9. The molecule has 0 aliphatic heterocycles. The fourth-order valence-corrected chi connectivity index (χ4v) is 2.54. The molecule has 0 aliphatic rings. The Morgan fingerprint density at radius 1 is 1.06 bits per heavy atom. The van der Waals surface area contributed by atoms with Gasteiger partial charge in [0.05, 0.1) is 6.04 Å². The van der Waals surface area contributed by atoms with Crippen molar-refractivity contribution in [3.63, 3.8) is 0 Å². The first-order valence-electron chi connectivity index (χ1n) is 5.45. The average molecular weight is 345 g/mol. The molecule has 0 aromatic heterocycles. The number of benzene rings is 2. The highest BCUT2D eigenvalue weighted by molar-refractivity contribution is 9.10. The van der Waals surface area contributed by atoms with Gasteiger partial charge in [-0.25, -0.2) is 0 Å². The molecule has 0 fully saturated rings. The molecule has 0 aliphatic carbocycles. The van der Waals surface area contributed by atoms with E-state index in [2.05, 4.69) is 15.9 Å². The standard InChI is InChI=1S/C14H12BrCl2N/c1-8-2-3-9(6-13(8)17)14(18)11-7-10(15)4-5-12(11)16/h2-7,14H,18H2,1H3. The van der Waals surface area contributed by atoms with Crippen LogP contribution >= 0.6 is 39.1 Å². The Hall–Kier alpha value is -0.540. The maximum atomic E-state index is 6.24. The van der Waals surface area contributed by atoms with Crippen molar-refractivity contribution in [3.05, 3.63) is 67.6 Å². The molecular weight excluding hydrogens is 333 g/mol. The van der Waals surface area contributed by atoms with Crippen LogP contribution in [0.2, 0.25) is 10.0 Å². The Bertz CT molecular complexity index is 584. The number of hydrogen-bond donors (Lipinski definition) is 1. The van der Waals surface area contributed by atoms with E-state index >= 15 is 0 Å². The second-order valence-corrected chi connectivity index (χ2v) is 5.88. The van der Waals surface area contributed by atoms with Crippen LogP contribution in [-0.4, -0.2) is 0 Å². The third-order valence-corrected chi connectivity index (χ3v) is 4.09. The van der Waals surface area contributed by atoms with E-state index in [0.29, 0.717) is 10.0 Å². The molecule has 0 saturated heterocycles. The lowest BCUT2D eigenvalue weighted by Crippen LogP contribution is -2.12. The molecule has 0 spiro atoms. The summed E-state index contributed by atoms with van der Waals surface area (Å²) in [5.41, 5.74) is 9.11. The van der Waals surface area contributed by atoms with Crippen LogP contribution in [0.1, 0.15) is 22.7 Å². The SMILES string of the molecule is Cc1ccc(C(N)c2cc(Br)ccc2Cl)cc1Cl. The van der Waals surface area contributed by atoms with Crippen molar-refractivity contribution in [1.82, 2.24) is 0 Å². The normalized spacial score (nSPS) is 12.5. The van der Waals surface area contributed by atoms with Crippen LogP contribution in [0.15, 0.2) is 40.9 Å². The minimum Gasteiger partial charge on any atom is -0.320 e. The Labute approximate surface area is 125 Å². The molecule has 0 radical (unpaired) electrons. The summed E-state index contributed by atoms with van der Waals surface area (Å²) >= 11 is 15.7. The molecule has 0 amide bonds. The van der Waals surface area contributed by atoms with E-state index in [9.17, 15) is 0 Å². The summed E-state index contributed by atoms with van der Waals surface area (Å²) in [6, 6.07) is 11.2. The molecule has 2 aromatic carbocycles. The summed E-state index contributed by atoms with van der Waals surface area (Å²) in [7, 11) is 0. The third-order valence-electron chi connectivity index (χ3n) is 2.85. The molecule has 18 heavy (non-hydrogen) atoms. The molecule has 4 heteroatoms. The van der Waals surface area contributed by atoms with Gasteiger partial charge < -0.3 is 5.73 Å². The fourth-order valence-electron chi connectivity index (χ4n) is 1.74. The predicted molar refractivity (Wildman–Crippen MR) is 81.4 cm³/mol. The first-order chi connectivity index (χ1) is 8.49. The highest BCUT2D eigenvalue weighted by Gasteiger charge is 2.13. The molecule has 2 N–H and O–H groups in total. The molecule has 2 rings (SSSR count). The lowest BCUT2D eigenvalue weighted by atomic mass is 9.99. The zero-order valence-electron chi connectivity index (χ0n) is 9.75. The topological polar surface area (TPSA) is 26.0 Å². The van der Waals surface area contributed by atoms with Crippen molar-refractivity contribution in [1.29, 1.82) is 0 Å². The van der Waals surface area contributed by atoms with E-state index in [1.165, 1.54) is 0 Å². The maximum Gasteiger partial charge on any atom is 0.0567 e. The monoisotopic (exact) mass is 343 g/mol. The van der Waals surface area contributed by atoms with Crippen LogP contribution < -0.4 is 5.73 Å². The Morgan fingerprint density at radius 2 is 1.78 bits per heavy atom. The van der Waals surface area contributed by atoms with Crippen molar-refractivity contribution < 1.29 is 0 Å². The highest BCUT2D eigenvalue weighted by atomic mass is 79.9. The van der Waals surface area contributed by atoms with Crippen molar-refractivity contribution >= 4 is 39.1 Å². The van der Waals surface area contributed by atoms with Crippen LogP contribution in [0.5, 0.6) is 0 Å². The van der Waals surface area contributed by atoms with Gasteiger partial charge in [-0.2, -0.15) is 0 Å². The second kappa shape index (κ2) is 5.62. The van der Waals surface area contributed by atoms with Gasteiger partial charge in [0.2, 0.25) is 0 Å². The van der Waals surface area contributed by atoms with Gasteiger partial charge in [-0.05, 0) is 47.9 Å². The largest absolute Gasteiger partial charge is 0.320 e. The van der Waals surface area contributed by atoms with E-state index in [4.69, 9.17) is 28.9 Å². The van der Waals surface area contributed by atoms with Crippen molar-refractivity contribution in [3.8, 4) is 0 Å². The number of rotatable bonds is 2. The summed E-state index contributed by atoms with van der Waals surface area (Å²) in [5, 5.41) is 1.37. The summed E-state index contributed by atoms with van der Waals surface area (Å²) < 4.78 is 0.954. The van der Waals surface area contributed by atoms with Crippen molar-refractivity contribution in [2.75, 3.05) is 0 Å². The van der Waals surface area contributed by atoms with Gasteiger partial charge in [0.15, 0.2) is 0 Å². The van der Waals surface area contributed by atoms with Crippen molar-refractivity contribution in [2.24, 2.45) is 5.73 Å². The summed E-state index contributed by atoms with van der Waals surface area (Å²) in [6.07, 6.45) is 0. The highest BCUT2D eigenvalue weighted by Crippen LogP contribution is 2.30. The molecule has 94 valence electrons. The number of aryl methyl sites for hydroxylation is 1. The predicted octanol–water partition coefficient (Wildman–Crippen LogP) is 5.11. The van der Waals surface area contributed by atoms with E-state index in [1.54, 1.807) is 0 Å². The van der Waals surface area contributed by atoms with Gasteiger partial charge in [-0.3, -0.25) is 0 Å². The molecule has 2 aromatic rings. The molecule has 1 atom stereocenters. The fraction of sp³-hybridized carbons (Fsp3) is 0.143. The number of nitrogens with two attached hydrogens (primary N) is 1. The number of halogens is 3. The van der Waals surface area contributed by atoms with Crippen LogP contribution in [0, 0.1) is 6.92 Å². The lowest BCUT2D eigenvalue weighted by molar-refractivity contribution is 0.870. The van der Waals surface area contributed by atoms with Crippen molar-refractivity contribution in [2.45, 2.75) is 13.0 Å². The number of hydrogen-bond acceptors (Lipinski definition) is 1. The Morgan fingerprint density at radius 3 is 2.44 bits per heavy atom. The van der Waals surface area contributed by atoms with Crippen LogP contribution in [0.4, 0.5) is 0 Å². The quantitative estimate of drug-likeness (QED) is 0.804. The van der Waals surface area contributed by atoms with E-state index in [-0.39, 0.29) is 6.04 Å². The van der Waals surface area contributed by atoms with Crippen LogP contribution in [-0.2, 0) is 0 Å². The molecular formula is C14H12BrCl2N. The van der Waals surface area contributed by atoms with Gasteiger partial charge >= 0.3 is 0 Å². The molecule has 0 bridgehead atoms. The summed E-state index contributed by atoms with van der Waals surface area (Å²) in [6.45, 7) is 1.96.